The van der Waals surface area contributed by atoms with Gasteiger partial charge >= 0.3 is 0 Å². The summed E-state index contributed by atoms with van der Waals surface area (Å²) >= 11 is 0. The number of fused-ring (bicyclic) bond motifs is 3. The van der Waals surface area contributed by atoms with E-state index in [0.29, 0.717) is 36.2 Å². The number of hydrogen-bond donors (Lipinski definition) is 3. The predicted molar refractivity (Wildman–Crippen MR) is 168 cm³/mol. The van der Waals surface area contributed by atoms with Crippen LogP contribution in [-0.4, -0.2) is 33.7 Å². The number of aryl methyl sites for hydroxylation is 1. The zero-order chi connectivity index (χ0) is 29.4. The van der Waals surface area contributed by atoms with Crippen molar-refractivity contribution in [1.82, 2.24) is 14.9 Å². The van der Waals surface area contributed by atoms with Crippen molar-refractivity contribution in [2.45, 2.75) is 26.2 Å². The summed E-state index contributed by atoms with van der Waals surface area (Å²) in [5.41, 5.74) is 4.07. The maximum Gasteiger partial charge on any atom is 0.258 e. The lowest BCUT2D eigenvalue weighted by Crippen LogP contribution is -2.26. The molecule has 0 fully saturated rings. The maximum absolute atomic E-state index is 14.3. The predicted octanol–water partition coefficient (Wildman–Crippen LogP) is 6.14. The number of aromatic nitrogens is 2. The second-order valence-electron chi connectivity index (χ2n) is 10.5. The van der Waals surface area contributed by atoms with E-state index in [9.17, 15) is 14.7 Å². The molecule has 212 valence electrons. The minimum atomic E-state index is -0.708. The minimum absolute atomic E-state index is 0.0550. The standard InChI is InChI=1S/C35H33N3O4/c1-4-42-29-18-17-22-11-5-6-12-23(22)30(29)31(32-34(40)26-14-8-10-16-28(26)38(3)35(32)41)33-25(19-20-36-21(2)39)24-13-7-9-15-27(24)37-33/h5-18,31,37,40H,4,19-20H2,1-3H3,(H,36,39). The number of aromatic amines is 1. The lowest BCUT2D eigenvalue weighted by molar-refractivity contribution is -0.118. The van der Waals surface area contributed by atoms with E-state index >= 15 is 0 Å². The minimum Gasteiger partial charge on any atom is -0.507 e. The van der Waals surface area contributed by atoms with Crippen molar-refractivity contribution in [2.24, 2.45) is 7.05 Å². The second-order valence-corrected chi connectivity index (χ2v) is 10.5. The van der Waals surface area contributed by atoms with Gasteiger partial charge < -0.3 is 24.7 Å². The fourth-order valence-corrected chi connectivity index (χ4v) is 6.15. The van der Waals surface area contributed by atoms with Crippen LogP contribution >= 0.6 is 0 Å². The van der Waals surface area contributed by atoms with Crippen LogP contribution in [0.5, 0.6) is 11.5 Å². The monoisotopic (exact) mass is 559 g/mol. The molecule has 0 aliphatic rings. The number of hydrogen-bond acceptors (Lipinski definition) is 4. The molecule has 6 rings (SSSR count). The molecule has 2 heterocycles. The highest BCUT2D eigenvalue weighted by molar-refractivity contribution is 5.93. The molecule has 3 N–H and O–H groups in total. The molecule has 4 aromatic carbocycles. The second kappa shape index (κ2) is 11.1. The molecule has 0 spiro atoms. The molecule has 0 saturated heterocycles. The SMILES string of the molecule is CCOc1ccc2ccccc2c1C(c1[nH]c2ccccc2c1CCNC(C)=O)c1c(O)c2ccccc2n(C)c1=O. The van der Waals surface area contributed by atoms with Gasteiger partial charge in [0.15, 0.2) is 0 Å². The van der Waals surface area contributed by atoms with Crippen LogP contribution in [0.15, 0.2) is 89.7 Å². The van der Waals surface area contributed by atoms with Crippen LogP contribution in [-0.2, 0) is 18.3 Å². The zero-order valence-corrected chi connectivity index (χ0v) is 23.9. The molecule has 1 atom stereocenters. The van der Waals surface area contributed by atoms with Crippen molar-refractivity contribution in [3.05, 3.63) is 118 Å². The Bertz CT molecular complexity index is 2020. The molecule has 0 saturated carbocycles. The highest BCUT2D eigenvalue weighted by Gasteiger charge is 2.33. The number of carbonyl (C=O) groups excluding carboxylic acids is 1. The molecule has 0 aliphatic heterocycles. The van der Waals surface area contributed by atoms with Gasteiger partial charge in [0.25, 0.3) is 5.56 Å². The third kappa shape index (κ3) is 4.57. The number of pyridine rings is 1. The number of carbonyl (C=O) groups is 1. The first-order chi connectivity index (χ1) is 20.4. The Morgan fingerprint density at radius 1 is 0.929 bits per heavy atom. The van der Waals surface area contributed by atoms with Gasteiger partial charge in [-0.05, 0) is 53.9 Å². The quantitative estimate of drug-likeness (QED) is 0.209. The van der Waals surface area contributed by atoms with Gasteiger partial charge in [-0.2, -0.15) is 0 Å². The van der Waals surface area contributed by atoms with Crippen LogP contribution < -0.4 is 15.6 Å². The van der Waals surface area contributed by atoms with E-state index in [-0.39, 0.29) is 22.8 Å². The van der Waals surface area contributed by atoms with Crippen LogP contribution in [0.25, 0.3) is 32.6 Å². The molecule has 0 aliphatic carbocycles. The maximum atomic E-state index is 14.3. The fraction of sp³-hybridized carbons (Fsp3) is 0.200. The van der Waals surface area contributed by atoms with E-state index in [1.54, 1.807) is 11.6 Å². The van der Waals surface area contributed by atoms with Gasteiger partial charge in [-0.3, -0.25) is 9.59 Å². The zero-order valence-electron chi connectivity index (χ0n) is 23.9. The fourth-order valence-electron chi connectivity index (χ4n) is 6.15. The summed E-state index contributed by atoms with van der Waals surface area (Å²) in [4.78, 5) is 29.7. The first-order valence-corrected chi connectivity index (χ1v) is 14.2. The molecule has 42 heavy (non-hydrogen) atoms. The van der Waals surface area contributed by atoms with E-state index < -0.39 is 5.92 Å². The number of nitrogens with zero attached hydrogens (tertiary/aromatic N) is 1. The van der Waals surface area contributed by atoms with Gasteiger partial charge in [0.05, 0.1) is 23.6 Å². The highest BCUT2D eigenvalue weighted by Crippen LogP contribution is 2.46. The van der Waals surface area contributed by atoms with Crippen molar-refractivity contribution in [3.63, 3.8) is 0 Å². The number of amides is 1. The van der Waals surface area contributed by atoms with Crippen LogP contribution in [0.3, 0.4) is 0 Å². The van der Waals surface area contributed by atoms with Gasteiger partial charge in [-0.15, -0.1) is 0 Å². The highest BCUT2D eigenvalue weighted by atomic mass is 16.5. The molecule has 1 unspecified atom stereocenters. The normalized spacial score (nSPS) is 12.2. The first-order valence-electron chi connectivity index (χ1n) is 14.2. The Morgan fingerprint density at radius 2 is 1.62 bits per heavy atom. The summed E-state index contributed by atoms with van der Waals surface area (Å²) in [7, 11) is 1.74. The number of para-hydroxylation sites is 2. The van der Waals surface area contributed by atoms with E-state index in [1.165, 1.54) is 6.92 Å². The van der Waals surface area contributed by atoms with Gasteiger partial charge in [-0.1, -0.05) is 60.7 Å². The van der Waals surface area contributed by atoms with Crippen molar-refractivity contribution in [3.8, 4) is 11.5 Å². The van der Waals surface area contributed by atoms with E-state index in [4.69, 9.17) is 4.74 Å². The third-order valence-corrected chi connectivity index (χ3v) is 8.00. The summed E-state index contributed by atoms with van der Waals surface area (Å²) < 4.78 is 7.83. The lowest BCUT2D eigenvalue weighted by Gasteiger charge is -2.25. The average molecular weight is 560 g/mol. The third-order valence-electron chi connectivity index (χ3n) is 8.00. The van der Waals surface area contributed by atoms with E-state index in [2.05, 4.69) is 10.3 Å². The molecule has 1 amide bonds. The molecular weight excluding hydrogens is 526 g/mol. The van der Waals surface area contributed by atoms with Gasteiger partial charge in [0, 0.05) is 48.1 Å². The lowest BCUT2D eigenvalue weighted by atomic mass is 9.82. The van der Waals surface area contributed by atoms with Crippen LogP contribution in [0.2, 0.25) is 0 Å². The topological polar surface area (TPSA) is 96.3 Å². The van der Waals surface area contributed by atoms with Crippen LogP contribution in [0.1, 0.15) is 42.1 Å². The van der Waals surface area contributed by atoms with Crippen molar-refractivity contribution >= 4 is 38.5 Å². The Hall–Kier alpha value is -5.04. The number of H-pyrrole nitrogens is 1. The Labute approximate surface area is 243 Å². The summed E-state index contributed by atoms with van der Waals surface area (Å²) in [6.45, 7) is 4.29. The van der Waals surface area contributed by atoms with Gasteiger partial charge in [-0.25, -0.2) is 0 Å². The number of aromatic hydroxyl groups is 1. The van der Waals surface area contributed by atoms with Crippen molar-refractivity contribution in [1.29, 1.82) is 0 Å². The first kappa shape index (κ1) is 27.1. The van der Waals surface area contributed by atoms with Crippen LogP contribution in [0.4, 0.5) is 0 Å². The molecule has 7 nitrogen and oxygen atoms in total. The number of ether oxygens (including phenoxy) is 1. The summed E-state index contributed by atoms with van der Waals surface area (Å²) in [6.07, 6.45) is 0.527. The van der Waals surface area contributed by atoms with Crippen molar-refractivity contribution < 1.29 is 14.6 Å². The summed E-state index contributed by atoms with van der Waals surface area (Å²) in [5, 5.41) is 18.4. The van der Waals surface area contributed by atoms with E-state index in [0.717, 1.165) is 38.5 Å². The van der Waals surface area contributed by atoms with Gasteiger partial charge in [0.1, 0.15) is 11.5 Å². The van der Waals surface area contributed by atoms with Crippen LogP contribution in [0, 0.1) is 0 Å². The molecule has 7 heteroatoms. The number of benzene rings is 4. The smallest absolute Gasteiger partial charge is 0.258 e. The average Bonchev–Trinajstić information content (AvgIpc) is 3.36. The summed E-state index contributed by atoms with van der Waals surface area (Å²) in [5.74, 6) is -0.231. The van der Waals surface area contributed by atoms with E-state index in [1.807, 2.05) is 91.9 Å². The molecule has 2 aromatic heterocycles. The molecule has 0 radical (unpaired) electrons. The largest absolute Gasteiger partial charge is 0.507 e. The molecule has 0 bridgehead atoms. The number of nitrogens with one attached hydrogen (secondary N) is 2. The van der Waals surface area contributed by atoms with Crippen molar-refractivity contribution in [2.75, 3.05) is 13.2 Å². The number of rotatable bonds is 8. The molecule has 6 aromatic rings. The Balaban J connectivity index is 1.76. The Kier molecular flexibility index (Phi) is 7.17. The van der Waals surface area contributed by atoms with Gasteiger partial charge in [0.2, 0.25) is 5.91 Å². The molecular formula is C35H33N3O4. The Morgan fingerprint density at radius 3 is 2.38 bits per heavy atom. The summed E-state index contributed by atoms with van der Waals surface area (Å²) in [6, 6.07) is 27.3.